The Balaban J connectivity index is 1.59. The van der Waals surface area contributed by atoms with Crippen molar-refractivity contribution in [2.45, 2.75) is 57.7 Å². The molecule has 2 aliphatic rings. The Morgan fingerprint density at radius 1 is 1.10 bits per heavy atom. The van der Waals surface area contributed by atoms with Crippen molar-refractivity contribution in [1.82, 2.24) is 30.2 Å². The number of hydrogen-bond donors (Lipinski definition) is 1. The summed E-state index contributed by atoms with van der Waals surface area (Å²) in [6.45, 7) is 6.54. The molecule has 0 amide bonds. The molecular weight excluding hydrogens is 502 g/mol. The van der Waals surface area contributed by atoms with Crippen LogP contribution in [0.3, 0.4) is 0 Å². The van der Waals surface area contributed by atoms with Gasteiger partial charge in [0.05, 0.1) is 18.7 Å². The van der Waals surface area contributed by atoms with Gasteiger partial charge in [-0.2, -0.15) is 0 Å². The van der Waals surface area contributed by atoms with Crippen LogP contribution in [0.15, 0.2) is 24.3 Å². The van der Waals surface area contributed by atoms with Gasteiger partial charge in [0.2, 0.25) is 5.88 Å². The molecule has 2 fully saturated rings. The van der Waals surface area contributed by atoms with Gasteiger partial charge >= 0.3 is 0 Å². The Kier molecular flexibility index (Phi) is 6.84. The average molecular weight is 537 g/mol. The molecule has 0 bridgehead atoms. The number of fused-ring (bicyclic) bond motifs is 3. The number of methoxy groups -OCH3 is 1. The lowest BCUT2D eigenvalue weighted by Crippen LogP contribution is -2.38. The SMILES string of the molecule is COc1cccc(F)c1-c1c(C)cc2c(nc(O[C@@H](C)C3CCCN3C)c3nnn(C4CCNCC4)c32)c1F. The van der Waals surface area contributed by atoms with Crippen molar-refractivity contribution in [1.29, 1.82) is 0 Å². The topological polar surface area (TPSA) is 77.3 Å². The molecule has 4 heterocycles. The number of nitrogens with one attached hydrogen (secondary N) is 1. The van der Waals surface area contributed by atoms with E-state index < -0.39 is 11.6 Å². The van der Waals surface area contributed by atoms with Crippen LogP contribution in [0.1, 0.15) is 44.2 Å². The van der Waals surface area contributed by atoms with Crippen LogP contribution in [0, 0.1) is 18.6 Å². The van der Waals surface area contributed by atoms with Gasteiger partial charge in [0.1, 0.15) is 28.7 Å². The van der Waals surface area contributed by atoms with E-state index in [1.54, 1.807) is 19.1 Å². The van der Waals surface area contributed by atoms with Gasteiger partial charge < -0.3 is 14.8 Å². The number of aryl methyl sites for hydroxylation is 1. The molecule has 0 aliphatic carbocycles. The van der Waals surface area contributed by atoms with E-state index in [0.29, 0.717) is 22.0 Å². The van der Waals surface area contributed by atoms with E-state index in [1.165, 1.54) is 13.2 Å². The van der Waals surface area contributed by atoms with Crippen LogP contribution in [0.5, 0.6) is 11.6 Å². The number of aromatic nitrogens is 4. The van der Waals surface area contributed by atoms with Crippen molar-refractivity contribution >= 4 is 21.9 Å². The van der Waals surface area contributed by atoms with Gasteiger partial charge in [0.15, 0.2) is 11.3 Å². The highest BCUT2D eigenvalue weighted by molar-refractivity contribution is 6.06. The third kappa shape index (κ3) is 4.39. The van der Waals surface area contributed by atoms with Crippen molar-refractivity contribution < 1.29 is 18.3 Å². The lowest BCUT2D eigenvalue weighted by Gasteiger charge is -2.27. The minimum Gasteiger partial charge on any atom is -0.496 e. The van der Waals surface area contributed by atoms with Gasteiger partial charge in [0.25, 0.3) is 0 Å². The Morgan fingerprint density at radius 2 is 1.90 bits per heavy atom. The minimum atomic E-state index is -0.621. The van der Waals surface area contributed by atoms with Crippen molar-refractivity contribution in [3.05, 3.63) is 41.5 Å². The predicted octanol–water partition coefficient (Wildman–Crippen LogP) is 5.03. The lowest BCUT2D eigenvalue weighted by atomic mass is 9.95. The number of piperidine rings is 1. The maximum atomic E-state index is 16.6. The number of likely N-dealkylation sites (N-methyl/N-ethyl adjacent to an activating group) is 1. The lowest BCUT2D eigenvalue weighted by molar-refractivity contribution is 0.118. The molecule has 39 heavy (non-hydrogen) atoms. The van der Waals surface area contributed by atoms with Crippen LogP contribution in [-0.2, 0) is 0 Å². The molecule has 10 heteroatoms. The molecule has 1 unspecified atom stereocenters. The Hall–Kier alpha value is -3.37. The zero-order valence-corrected chi connectivity index (χ0v) is 22.8. The zero-order valence-electron chi connectivity index (χ0n) is 22.8. The maximum absolute atomic E-state index is 16.6. The van der Waals surface area contributed by atoms with Crippen molar-refractivity contribution in [3.63, 3.8) is 0 Å². The number of rotatable bonds is 6. The highest BCUT2D eigenvalue weighted by Crippen LogP contribution is 2.42. The van der Waals surface area contributed by atoms with E-state index in [0.717, 1.165) is 45.3 Å². The largest absolute Gasteiger partial charge is 0.496 e. The summed E-state index contributed by atoms with van der Waals surface area (Å²) in [5.41, 5.74) is 2.09. The molecule has 0 radical (unpaired) electrons. The van der Waals surface area contributed by atoms with E-state index in [1.807, 2.05) is 17.7 Å². The zero-order chi connectivity index (χ0) is 27.3. The Labute approximate surface area is 226 Å². The second-order valence-corrected chi connectivity index (χ2v) is 10.7. The van der Waals surface area contributed by atoms with Gasteiger partial charge in [-0.05, 0) is 90.0 Å². The van der Waals surface area contributed by atoms with Crippen molar-refractivity contribution in [2.75, 3.05) is 33.8 Å². The molecule has 8 nitrogen and oxygen atoms in total. The quantitative estimate of drug-likeness (QED) is 0.371. The van der Waals surface area contributed by atoms with E-state index in [4.69, 9.17) is 14.5 Å². The molecule has 2 aliphatic heterocycles. The average Bonchev–Trinajstić information content (AvgIpc) is 3.58. The van der Waals surface area contributed by atoms with Gasteiger partial charge in [-0.1, -0.05) is 11.3 Å². The van der Waals surface area contributed by atoms with Crippen molar-refractivity contribution in [3.8, 4) is 22.8 Å². The third-order valence-electron chi connectivity index (χ3n) is 8.32. The summed E-state index contributed by atoms with van der Waals surface area (Å²) in [4.78, 5) is 6.98. The van der Waals surface area contributed by atoms with Gasteiger partial charge in [0, 0.05) is 17.0 Å². The molecule has 2 atom stereocenters. The fourth-order valence-electron chi connectivity index (χ4n) is 6.30. The number of likely N-dealkylation sites (tertiary alicyclic amines) is 1. The molecule has 2 aromatic carbocycles. The first kappa shape index (κ1) is 25.9. The number of hydrogen-bond acceptors (Lipinski definition) is 7. The summed E-state index contributed by atoms with van der Waals surface area (Å²) in [6.07, 6.45) is 3.69. The normalized spacial score (nSPS) is 19.7. The summed E-state index contributed by atoms with van der Waals surface area (Å²) in [5, 5.41) is 13.0. The highest BCUT2D eigenvalue weighted by Gasteiger charge is 2.31. The fraction of sp³-hybridized carbons (Fsp3) is 0.483. The molecule has 206 valence electrons. The second-order valence-electron chi connectivity index (χ2n) is 10.7. The molecule has 0 saturated carbocycles. The van der Waals surface area contributed by atoms with E-state index in [2.05, 4.69) is 27.6 Å². The third-order valence-corrected chi connectivity index (χ3v) is 8.32. The van der Waals surface area contributed by atoms with Crippen LogP contribution in [0.25, 0.3) is 33.1 Å². The number of pyridine rings is 1. The molecule has 1 N–H and O–H groups in total. The van der Waals surface area contributed by atoms with Crippen LogP contribution in [-0.4, -0.2) is 70.8 Å². The number of nitrogens with zero attached hydrogens (tertiary/aromatic N) is 5. The minimum absolute atomic E-state index is 0.0761. The van der Waals surface area contributed by atoms with Crippen LogP contribution in [0.2, 0.25) is 0 Å². The predicted molar refractivity (Wildman–Crippen MR) is 146 cm³/mol. The summed E-state index contributed by atoms with van der Waals surface area (Å²) in [5.74, 6) is -0.677. The summed E-state index contributed by atoms with van der Waals surface area (Å²) in [7, 11) is 3.54. The molecule has 2 aromatic heterocycles. The first-order valence-electron chi connectivity index (χ1n) is 13.7. The van der Waals surface area contributed by atoms with Crippen molar-refractivity contribution in [2.24, 2.45) is 0 Å². The highest BCUT2D eigenvalue weighted by atomic mass is 19.1. The molecule has 6 rings (SSSR count). The van der Waals surface area contributed by atoms with Crippen LogP contribution in [0.4, 0.5) is 8.78 Å². The van der Waals surface area contributed by atoms with E-state index >= 15 is 8.78 Å². The Morgan fingerprint density at radius 3 is 2.62 bits per heavy atom. The molecule has 4 aromatic rings. The Bertz CT molecular complexity index is 1530. The summed E-state index contributed by atoms with van der Waals surface area (Å²) < 4.78 is 45.5. The van der Waals surface area contributed by atoms with Crippen LogP contribution >= 0.6 is 0 Å². The van der Waals surface area contributed by atoms with Gasteiger partial charge in [-0.25, -0.2) is 18.4 Å². The van der Waals surface area contributed by atoms with E-state index in [9.17, 15) is 0 Å². The number of benzene rings is 2. The molecular formula is C29H34F2N6O2. The van der Waals surface area contributed by atoms with Gasteiger partial charge in [-0.15, -0.1) is 5.10 Å². The fourth-order valence-corrected chi connectivity index (χ4v) is 6.30. The monoisotopic (exact) mass is 536 g/mol. The molecule has 0 spiro atoms. The number of ether oxygens (including phenoxy) is 2. The molecule has 2 saturated heterocycles. The standard InChI is InChI=1S/C29H34F2N6O2/c1-16-15-19-26(25(31)23(16)24-20(30)7-5-9-22(24)38-4)33-29(39-17(2)21-8-6-14-36(21)3)27-28(19)37(35-34-27)18-10-12-32-13-11-18/h5,7,9,15,17-18,21,32H,6,8,10-14H2,1-4H3/t17-,21?/m0/s1. The van der Waals surface area contributed by atoms with Crippen LogP contribution < -0.4 is 14.8 Å². The smallest absolute Gasteiger partial charge is 0.245 e. The number of halogens is 2. The van der Waals surface area contributed by atoms with Gasteiger partial charge in [-0.3, -0.25) is 4.90 Å². The maximum Gasteiger partial charge on any atom is 0.245 e. The second kappa shape index (κ2) is 10.3. The summed E-state index contributed by atoms with van der Waals surface area (Å²) >= 11 is 0. The first-order chi connectivity index (χ1) is 18.9. The van der Waals surface area contributed by atoms with E-state index in [-0.39, 0.29) is 46.5 Å². The summed E-state index contributed by atoms with van der Waals surface area (Å²) in [6, 6.07) is 6.67. The first-order valence-corrected chi connectivity index (χ1v) is 13.7.